The average Bonchev–Trinajstić information content (AvgIpc) is 1.65. The first-order valence-corrected chi connectivity index (χ1v) is 2.74. The van der Waals surface area contributed by atoms with Crippen molar-refractivity contribution in [1.29, 1.82) is 0 Å². The van der Waals surface area contributed by atoms with Gasteiger partial charge in [0.05, 0.1) is 5.83 Å². The molecule has 0 bridgehead atoms. The van der Waals surface area contributed by atoms with Gasteiger partial charge in [-0.15, -0.1) is 0 Å². The molecule has 0 amide bonds. The van der Waals surface area contributed by atoms with Gasteiger partial charge >= 0.3 is 0 Å². The molecule has 0 nitrogen and oxygen atoms in total. The molecule has 40 valence electrons. The molecule has 0 unspecified atom stereocenters. The molecule has 0 aliphatic heterocycles. The van der Waals surface area contributed by atoms with Crippen molar-refractivity contribution in [2.45, 2.75) is 13.8 Å². The van der Waals surface area contributed by atoms with Gasteiger partial charge in [-0.2, -0.15) is 0 Å². The summed E-state index contributed by atoms with van der Waals surface area (Å²) in [6.07, 6.45) is 0. The summed E-state index contributed by atoms with van der Waals surface area (Å²) in [6, 6.07) is 0. The summed E-state index contributed by atoms with van der Waals surface area (Å²) in [5, 5.41) is 0. The Kier molecular flexibility index (Phi) is 3.17. The van der Waals surface area contributed by atoms with Gasteiger partial charge < -0.3 is 0 Å². The highest BCUT2D eigenvalue weighted by Crippen LogP contribution is 2.02. The van der Waals surface area contributed by atoms with E-state index in [0.29, 0.717) is 12.0 Å². The Morgan fingerprint density at radius 3 is 2.00 bits per heavy atom. The van der Waals surface area contributed by atoms with Crippen LogP contribution in [0.3, 0.4) is 0 Å². The normalized spacial score (nSPS) is 13.1. The van der Waals surface area contributed by atoms with Crippen molar-refractivity contribution in [3.8, 4) is 0 Å². The molecule has 0 aromatic heterocycles. The zero-order valence-corrected chi connectivity index (χ0v) is 5.43. The van der Waals surface area contributed by atoms with Crippen molar-refractivity contribution in [3.63, 3.8) is 0 Å². The molecule has 0 saturated heterocycles. The molecular weight excluding hydrogens is 110 g/mol. The number of hydrogen-bond donors (Lipinski definition) is 1. The Hall–Kier alpha value is 0.0849. The first-order valence-electron chi connectivity index (χ1n) is 2.11. The molecular formula is C4H8BFS. The maximum absolute atomic E-state index is 11.9. The molecule has 0 atom stereocenters. The lowest BCUT2D eigenvalue weighted by Crippen LogP contribution is -1.82. The number of rotatable bonds is 1. The van der Waals surface area contributed by atoms with E-state index in [1.165, 1.54) is 6.92 Å². The van der Waals surface area contributed by atoms with Gasteiger partial charge in [-0.25, -0.2) is 16.9 Å². The van der Waals surface area contributed by atoms with Crippen LogP contribution in [0.5, 0.6) is 0 Å². The van der Waals surface area contributed by atoms with Gasteiger partial charge in [0.25, 0.3) is 0 Å². The summed E-state index contributed by atoms with van der Waals surface area (Å²) in [7, 11) is 0. The summed E-state index contributed by atoms with van der Waals surface area (Å²) in [5.41, 5.74) is 0.711. The van der Waals surface area contributed by atoms with Gasteiger partial charge in [0.2, 0.25) is 6.56 Å². The van der Waals surface area contributed by atoms with Crippen LogP contribution in [0, 0.1) is 0 Å². The first kappa shape index (κ1) is 7.08. The van der Waals surface area contributed by atoms with Crippen molar-refractivity contribution < 1.29 is 4.39 Å². The highest BCUT2D eigenvalue weighted by atomic mass is 32.1. The second-order valence-electron chi connectivity index (χ2n) is 1.47. The van der Waals surface area contributed by atoms with Crippen LogP contribution < -0.4 is 0 Å². The Bertz CT molecular complexity index is 85.7. The van der Waals surface area contributed by atoms with E-state index in [0.717, 1.165) is 0 Å². The summed E-state index contributed by atoms with van der Waals surface area (Å²) in [6.45, 7) is 3.68. The molecule has 0 N–H and O–H groups in total. The largest absolute Gasteiger partial charge is 0.226 e. The van der Waals surface area contributed by atoms with Gasteiger partial charge in [0.1, 0.15) is 0 Å². The number of allylic oxidation sites excluding steroid dienone is 2. The fraction of sp³-hybridized carbons (Fsp3) is 0.500. The molecule has 3 heteroatoms. The molecule has 0 fully saturated rings. The van der Waals surface area contributed by atoms with Gasteiger partial charge in [-0.05, 0) is 13.8 Å². The summed E-state index contributed by atoms with van der Waals surface area (Å²) in [4.78, 5) is 0. The maximum atomic E-state index is 11.9. The van der Waals surface area contributed by atoms with Gasteiger partial charge in [0.15, 0.2) is 0 Å². The minimum Gasteiger partial charge on any atom is -0.226 e. The van der Waals surface area contributed by atoms with Crippen molar-refractivity contribution in [1.82, 2.24) is 0 Å². The van der Waals surface area contributed by atoms with Crippen molar-refractivity contribution in [2.75, 3.05) is 0 Å². The predicted molar refractivity (Wildman–Crippen MR) is 35.6 cm³/mol. The zero-order valence-electron chi connectivity index (χ0n) is 4.53. The van der Waals surface area contributed by atoms with Crippen LogP contribution in [0.15, 0.2) is 11.3 Å². The smallest absolute Gasteiger partial charge is 0.218 e. The van der Waals surface area contributed by atoms with Crippen LogP contribution in [-0.4, -0.2) is 6.56 Å². The molecule has 0 saturated carbocycles. The SMILES string of the molecule is C/C(F)=C(\C)BS. The van der Waals surface area contributed by atoms with E-state index in [2.05, 4.69) is 12.5 Å². The predicted octanol–water partition coefficient (Wildman–Crippen LogP) is 1.49. The third-order valence-electron chi connectivity index (χ3n) is 0.825. The van der Waals surface area contributed by atoms with Crippen LogP contribution >= 0.6 is 12.5 Å². The van der Waals surface area contributed by atoms with Crippen LogP contribution in [0.2, 0.25) is 0 Å². The average molecular weight is 118 g/mol. The van der Waals surface area contributed by atoms with Crippen LogP contribution in [0.25, 0.3) is 0 Å². The maximum Gasteiger partial charge on any atom is 0.218 e. The number of hydrogen-bond acceptors (Lipinski definition) is 1. The first-order chi connectivity index (χ1) is 3.18. The Morgan fingerprint density at radius 2 is 2.00 bits per heavy atom. The molecule has 0 aromatic carbocycles. The molecule has 0 aliphatic carbocycles. The minimum atomic E-state index is -0.116. The van der Waals surface area contributed by atoms with Gasteiger partial charge in [-0.3, -0.25) is 0 Å². The quantitative estimate of drug-likeness (QED) is 0.391. The third-order valence-corrected chi connectivity index (χ3v) is 1.30. The van der Waals surface area contributed by atoms with Crippen molar-refractivity contribution in [2.24, 2.45) is 0 Å². The Morgan fingerprint density at radius 1 is 1.57 bits per heavy atom. The van der Waals surface area contributed by atoms with Crippen LogP contribution in [0.4, 0.5) is 4.39 Å². The summed E-state index contributed by atoms with van der Waals surface area (Å²) >= 11 is 3.86. The summed E-state index contributed by atoms with van der Waals surface area (Å²) < 4.78 is 11.9. The third kappa shape index (κ3) is 2.74. The number of halogens is 1. The Labute approximate surface area is 49.4 Å². The van der Waals surface area contributed by atoms with Crippen LogP contribution in [-0.2, 0) is 0 Å². The van der Waals surface area contributed by atoms with E-state index >= 15 is 0 Å². The topological polar surface area (TPSA) is 0 Å². The Balaban J connectivity index is 3.72. The monoisotopic (exact) mass is 118 g/mol. The van der Waals surface area contributed by atoms with E-state index in [9.17, 15) is 4.39 Å². The van der Waals surface area contributed by atoms with E-state index in [-0.39, 0.29) is 5.83 Å². The lowest BCUT2D eigenvalue weighted by atomic mass is 9.95. The van der Waals surface area contributed by atoms with E-state index in [4.69, 9.17) is 0 Å². The molecule has 0 spiro atoms. The van der Waals surface area contributed by atoms with Crippen molar-refractivity contribution in [3.05, 3.63) is 11.3 Å². The molecule has 0 aromatic rings. The molecule has 0 rings (SSSR count). The minimum absolute atomic E-state index is 0.116. The lowest BCUT2D eigenvalue weighted by Gasteiger charge is -1.88. The fourth-order valence-corrected chi connectivity index (χ4v) is 0.327. The van der Waals surface area contributed by atoms with Crippen LogP contribution in [0.1, 0.15) is 13.8 Å². The van der Waals surface area contributed by atoms with E-state index in [1.807, 2.05) is 0 Å². The second-order valence-corrected chi connectivity index (χ2v) is 1.79. The lowest BCUT2D eigenvalue weighted by molar-refractivity contribution is 0.635. The van der Waals surface area contributed by atoms with E-state index < -0.39 is 0 Å². The fourth-order valence-electron chi connectivity index (χ4n) is 0.109. The standard InChI is InChI=1S/C4H8BFS/c1-3(5-7)4(2)6/h5,7H,1-2H3/b4-3-. The van der Waals surface area contributed by atoms with Gasteiger partial charge in [-0.1, -0.05) is 5.47 Å². The highest BCUT2D eigenvalue weighted by molar-refractivity contribution is 8.07. The van der Waals surface area contributed by atoms with Gasteiger partial charge in [0, 0.05) is 0 Å². The molecule has 0 heterocycles. The number of thiol groups is 1. The summed E-state index contributed by atoms with van der Waals surface area (Å²) in [5.74, 6) is -0.116. The zero-order chi connectivity index (χ0) is 5.86. The highest BCUT2D eigenvalue weighted by Gasteiger charge is 1.90. The van der Waals surface area contributed by atoms with E-state index in [1.54, 1.807) is 6.92 Å². The molecule has 7 heavy (non-hydrogen) atoms. The molecule has 0 aliphatic rings. The van der Waals surface area contributed by atoms with Crippen molar-refractivity contribution >= 4 is 19.0 Å². The second kappa shape index (κ2) is 3.13. The molecule has 0 radical (unpaired) electrons.